The predicted molar refractivity (Wildman–Crippen MR) is 72.0 cm³/mol. The molecule has 17 heavy (non-hydrogen) atoms. The van der Waals surface area contributed by atoms with Crippen molar-refractivity contribution in [2.75, 3.05) is 27.2 Å². The lowest BCUT2D eigenvalue weighted by Gasteiger charge is -2.43. The molecular weight excluding hydrogens is 212 g/mol. The van der Waals surface area contributed by atoms with Gasteiger partial charge in [-0.05, 0) is 20.5 Å². The van der Waals surface area contributed by atoms with Crippen LogP contribution in [0.5, 0.6) is 0 Å². The van der Waals surface area contributed by atoms with Crippen molar-refractivity contribution in [1.29, 1.82) is 0 Å². The van der Waals surface area contributed by atoms with Gasteiger partial charge < -0.3 is 9.80 Å². The molecule has 3 nitrogen and oxygen atoms in total. The fraction of sp³-hybridized carbons (Fsp3) is 0.929. The zero-order valence-corrected chi connectivity index (χ0v) is 11.9. The third-order valence-electron chi connectivity index (χ3n) is 3.82. The van der Waals surface area contributed by atoms with Crippen LogP contribution in [0.1, 0.15) is 46.0 Å². The molecule has 1 fully saturated rings. The van der Waals surface area contributed by atoms with E-state index >= 15 is 0 Å². The Morgan fingerprint density at radius 1 is 1.29 bits per heavy atom. The van der Waals surface area contributed by atoms with E-state index in [0.717, 1.165) is 19.5 Å². The summed E-state index contributed by atoms with van der Waals surface area (Å²) in [7, 11) is 4.17. The number of hydrogen-bond donors (Lipinski definition) is 0. The second-order valence-corrected chi connectivity index (χ2v) is 5.61. The Bertz CT molecular complexity index is 234. The van der Waals surface area contributed by atoms with Gasteiger partial charge in [-0.15, -0.1) is 0 Å². The highest BCUT2D eigenvalue weighted by atomic mass is 16.2. The quantitative estimate of drug-likeness (QED) is 0.638. The monoisotopic (exact) mass is 240 g/mol. The summed E-state index contributed by atoms with van der Waals surface area (Å²) in [6.07, 6.45) is 6.09. The molecule has 1 saturated heterocycles. The van der Waals surface area contributed by atoms with Gasteiger partial charge in [0.15, 0.2) is 0 Å². The molecule has 0 aromatic carbocycles. The van der Waals surface area contributed by atoms with Crippen LogP contribution in [0.2, 0.25) is 0 Å². The van der Waals surface area contributed by atoms with Crippen molar-refractivity contribution >= 4 is 5.91 Å². The first-order chi connectivity index (χ1) is 8.06. The fourth-order valence-electron chi connectivity index (χ4n) is 2.27. The average Bonchev–Trinajstić information content (AvgIpc) is 2.21. The lowest BCUT2D eigenvalue weighted by molar-refractivity contribution is -0.142. The minimum Gasteiger partial charge on any atom is -0.339 e. The first kappa shape index (κ1) is 14.5. The van der Waals surface area contributed by atoms with Gasteiger partial charge in [-0.3, -0.25) is 4.79 Å². The van der Waals surface area contributed by atoms with Crippen molar-refractivity contribution in [1.82, 2.24) is 9.80 Å². The molecule has 0 aromatic rings. The first-order valence-corrected chi connectivity index (χ1v) is 7.01. The maximum atomic E-state index is 12.1. The lowest BCUT2D eigenvalue weighted by atomic mass is 9.98. The van der Waals surface area contributed by atoms with Gasteiger partial charge in [-0.1, -0.05) is 39.5 Å². The molecule has 1 amide bonds. The van der Waals surface area contributed by atoms with E-state index in [1.807, 2.05) is 4.90 Å². The minimum absolute atomic E-state index is 0.218. The van der Waals surface area contributed by atoms with Gasteiger partial charge in [-0.2, -0.15) is 0 Å². The highest BCUT2D eigenvalue weighted by Crippen LogP contribution is 2.19. The molecule has 1 aliphatic rings. The summed E-state index contributed by atoms with van der Waals surface area (Å²) in [4.78, 5) is 16.3. The van der Waals surface area contributed by atoms with Gasteiger partial charge in [0.2, 0.25) is 5.91 Å². The van der Waals surface area contributed by atoms with Crippen LogP contribution >= 0.6 is 0 Å². The number of unbranched alkanes of at least 4 members (excludes halogenated alkanes) is 3. The maximum absolute atomic E-state index is 12.1. The van der Waals surface area contributed by atoms with Crippen molar-refractivity contribution in [2.45, 2.75) is 52.0 Å². The zero-order chi connectivity index (χ0) is 12.8. The van der Waals surface area contributed by atoms with E-state index in [-0.39, 0.29) is 5.92 Å². The van der Waals surface area contributed by atoms with Gasteiger partial charge in [0.1, 0.15) is 0 Å². The summed E-state index contributed by atoms with van der Waals surface area (Å²) in [6, 6.07) is 0.575. The second kappa shape index (κ2) is 7.00. The van der Waals surface area contributed by atoms with E-state index in [2.05, 4.69) is 32.8 Å². The topological polar surface area (TPSA) is 23.6 Å². The van der Waals surface area contributed by atoms with Gasteiger partial charge in [0.05, 0.1) is 0 Å². The van der Waals surface area contributed by atoms with Crippen molar-refractivity contribution in [3.63, 3.8) is 0 Å². The Hall–Kier alpha value is -0.570. The largest absolute Gasteiger partial charge is 0.339 e. The van der Waals surface area contributed by atoms with Crippen LogP contribution in [0, 0.1) is 5.92 Å². The normalized spacial score (nSPS) is 18.3. The summed E-state index contributed by atoms with van der Waals surface area (Å²) in [5.41, 5.74) is 0. The number of carbonyl (C=O) groups excluding carboxylic acids is 1. The molecule has 1 atom stereocenters. The average molecular weight is 240 g/mol. The summed E-state index contributed by atoms with van der Waals surface area (Å²) >= 11 is 0. The molecule has 1 unspecified atom stereocenters. The number of carbonyl (C=O) groups is 1. The van der Waals surface area contributed by atoms with E-state index in [4.69, 9.17) is 0 Å². The smallest absolute Gasteiger partial charge is 0.225 e. The second-order valence-electron chi connectivity index (χ2n) is 5.61. The van der Waals surface area contributed by atoms with Crippen LogP contribution in [0.15, 0.2) is 0 Å². The number of rotatable bonds is 7. The summed E-state index contributed by atoms with van der Waals surface area (Å²) in [5, 5.41) is 0. The maximum Gasteiger partial charge on any atom is 0.225 e. The van der Waals surface area contributed by atoms with Crippen LogP contribution in [0.4, 0.5) is 0 Å². The van der Waals surface area contributed by atoms with E-state index in [1.54, 1.807) is 0 Å². The Morgan fingerprint density at radius 3 is 2.47 bits per heavy atom. The summed E-state index contributed by atoms with van der Waals surface area (Å²) < 4.78 is 0. The molecule has 1 rings (SSSR count). The predicted octanol–water partition coefficient (Wildman–Crippen LogP) is 2.37. The third-order valence-corrected chi connectivity index (χ3v) is 3.82. The lowest BCUT2D eigenvalue weighted by Crippen LogP contribution is -2.60. The third kappa shape index (κ3) is 4.30. The molecule has 0 saturated carbocycles. The van der Waals surface area contributed by atoms with Crippen LogP contribution in [0.3, 0.4) is 0 Å². The molecule has 0 aliphatic carbocycles. The molecule has 3 heteroatoms. The van der Waals surface area contributed by atoms with E-state index in [0.29, 0.717) is 11.9 Å². The number of hydrogen-bond acceptors (Lipinski definition) is 2. The Balaban J connectivity index is 2.15. The Morgan fingerprint density at radius 2 is 1.94 bits per heavy atom. The molecular formula is C14H28N2O. The van der Waals surface area contributed by atoms with Crippen LogP contribution in [-0.4, -0.2) is 48.9 Å². The number of nitrogens with zero attached hydrogens (tertiary/aromatic N) is 2. The first-order valence-electron chi connectivity index (χ1n) is 7.01. The van der Waals surface area contributed by atoms with Crippen molar-refractivity contribution in [3.05, 3.63) is 0 Å². The molecule has 100 valence electrons. The van der Waals surface area contributed by atoms with Crippen LogP contribution < -0.4 is 0 Å². The number of amides is 1. The standard InChI is InChI=1S/C14H28N2O/c1-5-6-7-8-9-12(2)14(17)16-10-13(11-16)15(3)4/h12-13H,5-11H2,1-4H3. The van der Waals surface area contributed by atoms with E-state index < -0.39 is 0 Å². The van der Waals surface area contributed by atoms with Gasteiger partial charge in [-0.25, -0.2) is 0 Å². The van der Waals surface area contributed by atoms with Crippen LogP contribution in [-0.2, 0) is 4.79 Å². The number of likely N-dealkylation sites (tertiary alicyclic amines) is 1. The summed E-state index contributed by atoms with van der Waals surface area (Å²) in [5.74, 6) is 0.578. The zero-order valence-electron chi connectivity index (χ0n) is 11.9. The molecule has 0 radical (unpaired) electrons. The molecule has 0 bridgehead atoms. The molecule has 0 spiro atoms. The Labute approximate surface area is 106 Å². The molecule has 1 heterocycles. The van der Waals surface area contributed by atoms with Crippen molar-refractivity contribution in [3.8, 4) is 0 Å². The van der Waals surface area contributed by atoms with E-state index in [9.17, 15) is 4.79 Å². The van der Waals surface area contributed by atoms with Gasteiger partial charge in [0.25, 0.3) is 0 Å². The molecule has 1 aliphatic heterocycles. The van der Waals surface area contributed by atoms with Gasteiger partial charge >= 0.3 is 0 Å². The van der Waals surface area contributed by atoms with Crippen molar-refractivity contribution in [2.24, 2.45) is 5.92 Å². The highest BCUT2D eigenvalue weighted by Gasteiger charge is 2.33. The molecule has 0 N–H and O–H groups in total. The SMILES string of the molecule is CCCCCCC(C)C(=O)N1CC(N(C)C)C1. The van der Waals surface area contributed by atoms with Crippen molar-refractivity contribution < 1.29 is 4.79 Å². The molecule has 0 aromatic heterocycles. The van der Waals surface area contributed by atoms with E-state index in [1.165, 1.54) is 25.7 Å². The number of likely N-dealkylation sites (N-methyl/N-ethyl adjacent to an activating group) is 1. The minimum atomic E-state index is 0.218. The fourth-order valence-corrected chi connectivity index (χ4v) is 2.27. The summed E-state index contributed by atoms with van der Waals surface area (Å²) in [6.45, 7) is 6.14. The van der Waals surface area contributed by atoms with Crippen LogP contribution in [0.25, 0.3) is 0 Å². The van der Waals surface area contributed by atoms with Gasteiger partial charge in [0, 0.05) is 25.0 Å². The highest BCUT2D eigenvalue weighted by molar-refractivity contribution is 5.79. The Kier molecular flexibility index (Phi) is 5.96.